The third kappa shape index (κ3) is 4.50. The highest BCUT2D eigenvalue weighted by Gasteiger charge is 2.30. The summed E-state index contributed by atoms with van der Waals surface area (Å²) in [6, 6.07) is 10.2. The molecule has 2 aromatic carbocycles. The average molecular weight is 429 g/mol. The zero-order valence-electron chi connectivity index (χ0n) is 16.1. The molecule has 13 heteroatoms. The van der Waals surface area contributed by atoms with Crippen LogP contribution < -0.4 is 19.5 Å². The Kier molecular flexibility index (Phi) is 5.95. The van der Waals surface area contributed by atoms with Crippen molar-refractivity contribution in [3.63, 3.8) is 0 Å². The Morgan fingerprint density at radius 1 is 1.03 bits per heavy atom. The number of hydrogen-bond donors (Lipinski definition) is 2. The van der Waals surface area contributed by atoms with Crippen LogP contribution in [0.3, 0.4) is 0 Å². The molecule has 1 amide bonds. The summed E-state index contributed by atoms with van der Waals surface area (Å²) in [5.41, 5.74) is -1.57. The van der Waals surface area contributed by atoms with Crippen LogP contribution >= 0.6 is 0 Å². The van der Waals surface area contributed by atoms with Crippen molar-refractivity contribution in [1.29, 1.82) is 0 Å². The minimum atomic E-state index is -0.953. The predicted molar refractivity (Wildman–Crippen MR) is 106 cm³/mol. The first-order chi connectivity index (χ1) is 14.8. The van der Waals surface area contributed by atoms with Gasteiger partial charge in [-0.3, -0.25) is 30.1 Å². The van der Waals surface area contributed by atoms with E-state index in [-0.39, 0.29) is 28.8 Å². The quantitative estimate of drug-likeness (QED) is 0.402. The summed E-state index contributed by atoms with van der Waals surface area (Å²) in [7, 11) is 2.60. The zero-order valence-corrected chi connectivity index (χ0v) is 16.1. The van der Waals surface area contributed by atoms with E-state index in [0.717, 1.165) is 19.2 Å². The molecule has 0 fully saturated rings. The summed E-state index contributed by atoms with van der Waals surface area (Å²) >= 11 is 0. The second kappa shape index (κ2) is 8.77. The van der Waals surface area contributed by atoms with E-state index >= 15 is 0 Å². The number of H-pyrrole nitrogens is 1. The maximum Gasteiger partial charge on any atom is 0.362 e. The molecule has 160 valence electrons. The second-order valence-corrected chi connectivity index (χ2v) is 5.89. The highest BCUT2D eigenvalue weighted by atomic mass is 16.6. The fourth-order valence-electron chi connectivity index (χ4n) is 2.63. The van der Waals surface area contributed by atoms with Crippen LogP contribution in [0, 0.1) is 20.2 Å². The fourth-order valence-corrected chi connectivity index (χ4v) is 2.63. The Bertz CT molecular complexity index is 1160. The summed E-state index contributed by atoms with van der Waals surface area (Å²) in [5.74, 6) is -0.622. The molecule has 0 radical (unpaired) electrons. The average Bonchev–Trinajstić information content (AvgIpc) is 3.18. The predicted octanol–water partition coefficient (Wildman–Crippen LogP) is 3.29. The lowest BCUT2D eigenvalue weighted by Crippen LogP contribution is -2.14. The van der Waals surface area contributed by atoms with Gasteiger partial charge < -0.3 is 19.5 Å². The van der Waals surface area contributed by atoms with E-state index in [1.165, 1.54) is 13.2 Å². The number of nitro groups is 2. The van der Waals surface area contributed by atoms with Gasteiger partial charge in [-0.2, -0.15) is 0 Å². The van der Waals surface area contributed by atoms with Gasteiger partial charge in [-0.25, -0.2) is 0 Å². The first kappa shape index (κ1) is 21.0. The Morgan fingerprint density at radius 2 is 1.74 bits per heavy atom. The first-order valence-electron chi connectivity index (χ1n) is 8.52. The SMILES string of the molecule is COc1ccccc1Oc1cc(NC(=O)c2[nH]nc(OC)c2[N+](=O)[O-])cc([N+](=O)[O-])c1. The molecule has 13 nitrogen and oxygen atoms in total. The van der Waals surface area contributed by atoms with E-state index < -0.39 is 27.1 Å². The molecule has 0 saturated carbocycles. The van der Waals surface area contributed by atoms with E-state index in [9.17, 15) is 25.0 Å². The normalized spacial score (nSPS) is 10.3. The lowest BCUT2D eigenvalue weighted by atomic mass is 10.2. The molecule has 1 aromatic heterocycles. The number of rotatable bonds is 8. The van der Waals surface area contributed by atoms with Crippen LogP contribution in [0.15, 0.2) is 42.5 Å². The van der Waals surface area contributed by atoms with Crippen LogP contribution in [-0.4, -0.2) is 40.2 Å². The smallest absolute Gasteiger partial charge is 0.362 e. The molecule has 0 aliphatic carbocycles. The number of nitro benzene ring substituents is 1. The molecule has 2 N–H and O–H groups in total. The van der Waals surface area contributed by atoms with E-state index in [1.54, 1.807) is 24.3 Å². The topological polar surface area (TPSA) is 172 Å². The molecule has 0 unspecified atom stereocenters. The minimum absolute atomic E-state index is 0.0330. The summed E-state index contributed by atoms with van der Waals surface area (Å²) in [6.45, 7) is 0. The highest BCUT2D eigenvalue weighted by molar-refractivity contribution is 6.06. The van der Waals surface area contributed by atoms with Crippen molar-refractivity contribution in [1.82, 2.24) is 10.2 Å². The number of anilines is 1. The zero-order chi connectivity index (χ0) is 22.5. The number of amides is 1. The second-order valence-electron chi connectivity index (χ2n) is 5.89. The van der Waals surface area contributed by atoms with Crippen LogP contribution in [0.1, 0.15) is 10.5 Å². The monoisotopic (exact) mass is 429 g/mol. The van der Waals surface area contributed by atoms with Crippen LogP contribution in [0.4, 0.5) is 17.1 Å². The van der Waals surface area contributed by atoms with E-state index in [4.69, 9.17) is 14.2 Å². The molecule has 1 heterocycles. The molecule has 0 aliphatic heterocycles. The van der Waals surface area contributed by atoms with Gasteiger partial charge in [-0.05, 0) is 12.1 Å². The molecular weight excluding hydrogens is 414 g/mol. The molecule has 0 saturated heterocycles. The lowest BCUT2D eigenvalue weighted by molar-refractivity contribution is -0.386. The third-order valence-electron chi connectivity index (χ3n) is 3.97. The number of nitrogens with zero attached hydrogens (tertiary/aromatic N) is 3. The molecular formula is C18H15N5O8. The number of methoxy groups -OCH3 is 2. The molecule has 3 rings (SSSR count). The van der Waals surface area contributed by atoms with Crippen LogP contribution in [-0.2, 0) is 0 Å². The van der Waals surface area contributed by atoms with Crippen molar-refractivity contribution in [2.75, 3.05) is 19.5 Å². The van der Waals surface area contributed by atoms with Gasteiger partial charge >= 0.3 is 11.6 Å². The van der Waals surface area contributed by atoms with Crippen LogP contribution in [0.2, 0.25) is 0 Å². The van der Waals surface area contributed by atoms with Crippen molar-refractivity contribution in [2.24, 2.45) is 0 Å². The van der Waals surface area contributed by atoms with E-state index in [0.29, 0.717) is 5.75 Å². The number of para-hydroxylation sites is 2. The minimum Gasteiger partial charge on any atom is -0.493 e. The van der Waals surface area contributed by atoms with Gasteiger partial charge in [0.1, 0.15) is 5.75 Å². The van der Waals surface area contributed by atoms with Gasteiger partial charge in [0.15, 0.2) is 11.5 Å². The molecule has 0 atom stereocenters. The van der Waals surface area contributed by atoms with Gasteiger partial charge in [-0.15, -0.1) is 5.10 Å². The van der Waals surface area contributed by atoms with Crippen molar-refractivity contribution in [3.8, 4) is 23.1 Å². The number of aromatic nitrogens is 2. The molecule has 0 spiro atoms. The Balaban J connectivity index is 1.95. The van der Waals surface area contributed by atoms with E-state index in [1.807, 2.05) is 0 Å². The molecule has 31 heavy (non-hydrogen) atoms. The number of non-ortho nitro benzene ring substituents is 1. The van der Waals surface area contributed by atoms with Gasteiger partial charge in [-0.1, -0.05) is 12.1 Å². The fraction of sp³-hybridized carbons (Fsp3) is 0.111. The van der Waals surface area contributed by atoms with Gasteiger partial charge in [0.25, 0.3) is 11.6 Å². The molecule has 0 aliphatic rings. The number of aromatic amines is 1. The lowest BCUT2D eigenvalue weighted by Gasteiger charge is -2.11. The van der Waals surface area contributed by atoms with Crippen molar-refractivity contribution in [2.45, 2.75) is 0 Å². The summed E-state index contributed by atoms with van der Waals surface area (Å²) in [5, 5.41) is 30.7. The van der Waals surface area contributed by atoms with E-state index in [2.05, 4.69) is 15.5 Å². The highest BCUT2D eigenvalue weighted by Crippen LogP contribution is 2.35. The largest absolute Gasteiger partial charge is 0.493 e. The van der Waals surface area contributed by atoms with Gasteiger partial charge in [0.05, 0.1) is 35.8 Å². The number of hydrogen-bond acceptors (Lipinski definition) is 9. The Hall–Kier alpha value is -4.68. The molecule has 0 bridgehead atoms. The van der Waals surface area contributed by atoms with Crippen LogP contribution in [0.5, 0.6) is 23.1 Å². The number of ether oxygens (including phenoxy) is 3. The summed E-state index contributed by atoms with van der Waals surface area (Å²) in [6.07, 6.45) is 0. The third-order valence-corrected chi connectivity index (χ3v) is 3.97. The van der Waals surface area contributed by atoms with Crippen molar-refractivity contribution in [3.05, 3.63) is 68.4 Å². The summed E-state index contributed by atoms with van der Waals surface area (Å²) in [4.78, 5) is 33.6. The molecule has 3 aromatic rings. The number of carbonyl (C=O) groups excluding carboxylic acids is 1. The number of carbonyl (C=O) groups is 1. The number of benzene rings is 2. The number of nitrogens with one attached hydrogen (secondary N) is 2. The Labute approximate surface area is 173 Å². The van der Waals surface area contributed by atoms with Crippen molar-refractivity contribution < 1.29 is 28.9 Å². The van der Waals surface area contributed by atoms with Gasteiger partial charge in [0, 0.05) is 12.1 Å². The van der Waals surface area contributed by atoms with Crippen LogP contribution in [0.25, 0.3) is 0 Å². The first-order valence-corrected chi connectivity index (χ1v) is 8.52. The maximum atomic E-state index is 12.5. The summed E-state index contributed by atoms with van der Waals surface area (Å²) < 4.78 is 15.6. The Morgan fingerprint density at radius 3 is 2.35 bits per heavy atom. The maximum absolute atomic E-state index is 12.5. The van der Waals surface area contributed by atoms with Gasteiger partial charge in [0.2, 0.25) is 5.69 Å². The standard InChI is InChI=1S/C18H15N5O8/c1-29-13-5-3-4-6-14(13)31-12-8-10(7-11(9-12)22(25)26)19-17(24)15-16(23(27)28)18(30-2)21-20-15/h3-9H,1-2H3,(H,19,24)(H,20,21). The van der Waals surface area contributed by atoms with Crippen molar-refractivity contribution >= 4 is 23.0 Å².